The van der Waals surface area contributed by atoms with Gasteiger partial charge in [0.1, 0.15) is 11.6 Å². The van der Waals surface area contributed by atoms with E-state index in [9.17, 15) is 18.0 Å². The van der Waals surface area contributed by atoms with E-state index in [-0.39, 0.29) is 35.8 Å². The van der Waals surface area contributed by atoms with E-state index in [0.29, 0.717) is 30.1 Å². The molecule has 4 rings (SSSR count). The van der Waals surface area contributed by atoms with Crippen LogP contribution in [0.25, 0.3) is 5.69 Å². The third kappa shape index (κ3) is 5.51. The van der Waals surface area contributed by atoms with Crippen LogP contribution in [0.3, 0.4) is 0 Å². The third-order valence-electron chi connectivity index (χ3n) is 5.40. The number of rotatable bonds is 8. The van der Waals surface area contributed by atoms with Crippen LogP contribution in [0, 0.1) is 12.7 Å². The van der Waals surface area contributed by atoms with Crippen LogP contribution in [-0.4, -0.2) is 51.7 Å². The summed E-state index contributed by atoms with van der Waals surface area (Å²) in [5.74, 6) is -0.713. The SMILES string of the molecule is Cc1c(C(=O)N(Cc2cccc(F)c2)CC2CCCO2)nnn1-c1ccc(OC(F)F)cc1. The minimum absolute atomic E-state index is 0.0145. The topological polar surface area (TPSA) is 69.5 Å². The molecule has 1 fully saturated rings. The van der Waals surface area contributed by atoms with Gasteiger partial charge in [-0.2, -0.15) is 8.78 Å². The van der Waals surface area contributed by atoms with Gasteiger partial charge in [0.2, 0.25) is 0 Å². The lowest BCUT2D eigenvalue weighted by molar-refractivity contribution is -0.0498. The average molecular weight is 460 g/mol. The average Bonchev–Trinajstić information content (AvgIpc) is 3.43. The largest absolute Gasteiger partial charge is 0.435 e. The first-order chi connectivity index (χ1) is 15.9. The van der Waals surface area contributed by atoms with Crippen LogP contribution in [0.4, 0.5) is 13.2 Å². The summed E-state index contributed by atoms with van der Waals surface area (Å²) in [6.07, 6.45) is 1.67. The van der Waals surface area contributed by atoms with Gasteiger partial charge in [-0.3, -0.25) is 4.79 Å². The zero-order valence-electron chi connectivity index (χ0n) is 18.0. The van der Waals surface area contributed by atoms with Crippen molar-refractivity contribution in [2.45, 2.75) is 39.0 Å². The normalized spacial score (nSPS) is 15.7. The lowest BCUT2D eigenvalue weighted by Crippen LogP contribution is -2.37. The molecule has 1 atom stereocenters. The second-order valence-electron chi connectivity index (χ2n) is 7.76. The minimum Gasteiger partial charge on any atom is -0.435 e. The lowest BCUT2D eigenvalue weighted by Gasteiger charge is -2.25. The Bertz CT molecular complexity index is 1100. The molecule has 2 aromatic carbocycles. The molecule has 33 heavy (non-hydrogen) atoms. The highest BCUT2D eigenvalue weighted by molar-refractivity contribution is 5.93. The first kappa shape index (κ1) is 22.8. The number of carbonyl (C=O) groups excluding carboxylic acids is 1. The third-order valence-corrected chi connectivity index (χ3v) is 5.40. The summed E-state index contributed by atoms with van der Waals surface area (Å²) in [5, 5.41) is 8.15. The molecule has 0 spiro atoms. The summed E-state index contributed by atoms with van der Waals surface area (Å²) in [6.45, 7) is -0.0267. The molecule has 10 heteroatoms. The van der Waals surface area contributed by atoms with E-state index >= 15 is 0 Å². The number of hydrogen-bond acceptors (Lipinski definition) is 5. The minimum atomic E-state index is -2.92. The second kappa shape index (κ2) is 10.0. The maximum Gasteiger partial charge on any atom is 0.387 e. The van der Waals surface area contributed by atoms with Gasteiger partial charge in [-0.05, 0) is 61.7 Å². The Hall–Kier alpha value is -3.40. The molecule has 1 aliphatic rings. The van der Waals surface area contributed by atoms with E-state index in [1.807, 2.05) is 0 Å². The highest BCUT2D eigenvalue weighted by Crippen LogP contribution is 2.21. The Morgan fingerprint density at radius 1 is 1.27 bits per heavy atom. The summed E-state index contributed by atoms with van der Waals surface area (Å²) < 4.78 is 50.0. The summed E-state index contributed by atoms with van der Waals surface area (Å²) in [6, 6.07) is 12.0. The number of benzene rings is 2. The lowest BCUT2D eigenvalue weighted by atomic mass is 10.1. The maximum absolute atomic E-state index is 13.7. The summed E-state index contributed by atoms with van der Waals surface area (Å²) in [4.78, 5) is 15.0. The monoisotopic (exact) mass is 460 g/mol. The van der Waals surface area contributed by atoms with E-state index in [1.165, 1.54) is 28.9 Å². The smallest absolute Gasteiger partial charge is 0.387 e. The molecule has 0 N–H and O–H groups in total. The number of alkyl halides is 2. The van der Waals surface area contributed by atoms with Crippen molar-refractivity contribution in [2.75, 3.05) is 13.2 Å². The van der Waals surface area contributed by atoms with Crippen LogP contribution < -0.4 is 4.74 Å². The quantitative estimate of drug-likeness (QED) is 0.506. The molecule has 174 valence electrons. The van der Waals surface area contributed by atoms with Gasteiger partial charge in [-0.1, -0.05) is 17.3 Å². The van der Waals surface area contributed by atoms with Gasteiger partial charge >= 0.3 is 6.61 Å². The van der Waals surface area contributed by atoms with Gasteiger partial charge in [0, 0.05) is 19.7 Å². The number of hydrogen-bond donors (Lipinski definition) is 0. The number of carbonyl (C=O) groups is 1. The molecule has 1 saturated heterocycles. The van der Waals surface area contributed by atoms with Crippen molar-refractivity contribution in [3.05, 3.63) is 71.3 Å². The highest BCUT2D eigenvalue weighted by atomic mass is 19.3. The highest BCUT2D eigenvalue weighted by Gasteiger charge is 2.27. The molecule has 1 aliphatic heterocycles. The van der Waals surface area contributed by atoms with E-state index in [2.05, 4.69) is 15.0 Å². The fraction of sp³-hybridized carbons (Fsp3) is 0.348. The van der Waals surface area contributed by atoms with Gasteiger partial charge in [-0.15, -0.1) is 5.10 Å². The molecule has 0 aliphatic carbocycles. The molecule has 1 unspecified atom stereocenters. The molecule has 2 heterocycles. The predicted molar refractivity (Wildman–Crippen MR) is 113 cm³/mol. The maximum atomic E-state index is 13.7. The molecular formula is C23H23F3N4O3. The van der Waals surface area contributed by atoms with Gasteiger partial charge < -0.3 is 14.4 Å². The van der Waals surface area contributed by atoms with Crippen LogP contribution in [0.1, 0.15) is 34.6 Å². The molecular weight excluding hydrogens is 437 g/mol. The zero-order chi connectivity index (χ0) is 23.4. The van der Waals surface area contributed by atoms with Gasteiger partial charge in [0.05, 0.1) is 17.5 Å². The number of halogens is 3. The van der Waals surface area contributed by atoms with Crippen molar-refractivity contribution >= 4 is 5.91 Å². The molecule has 0 bridgehead atoms. The fourth-order valence-electron chi connectivity index (χ4n) is 3.80. The second-order valence-corrected chi connectivity index (χ2v) is 7.76. The van der Waals surface area contributed by atoms with Crippen LogP contribution in [0.5, 0.6) is 5.75 Å². The fourth-order valence-corrected chi connectivity index (χ4v) is 3.80. The van der Waals surface area contributed by atoms with Crippen molar-refractivity contribution in [3.63, 3.8) is 0 Å². The molecule has 7 nitrogen and oxygen atoms in total. The van der Waals surface area contributed by atoms with E-state index < -0.39 is 6.61 Å². The standard InChI is InChI=1S/C23H23F3N4O3/c1-15-21(27-28-30(15)18-7-9-19(10-8-18)33-23(25)26)22(31)29(14-20-6-3-11-32-20)13-16-4-2-5-17(24)12-16/h2,4-5,7-10,12,20,23H,3,6,11,13-14H2,1H3. The Kier molecular flexibility index (Phi) is 6.93. The zero-order valence-corrected chi connectivity index (χ0v) is 18.0. The number of ether oxygens (including phenoxy) is 2. The Balaban J connectivity index is 1.57. The number of aromatic nitrogens is 3. The summed E-state index contributed by atoms with van der Waals surface area (Å²) >= 11 is 0. The Labute approximate surface area is 188 Å². The molecule has 1 amide bonds. The first-order valence-electron chi connectivity index (χ1n) is 10.5. The molecule has 3 aromatic rings. The Morgan fingerprint density at radius 2 is 2.06 bits per heavy atom. The molecule has 0 saturated carbocycles. The van der Waals surface area contributed by atoms with Crippen molar-refractivity contribution in [1.29, 1.82) is 0 Å². The van der Waals surface area contributed by atoms with Crippen LogP contribution in [0.2, 0.25) is 0 Å². The van der Waals surface area contributed by atoms with Gasteiger partial charge in [0.25, 0.3) is 5.91 Å². The van der Waals surface area contributed by atoms with E-state index in [1.54, 1.807) is 36.1 Å². The van der Waals surface area contributed by atoms with Crippen LogP contribution in [-0.2, 0) is 11.3 Å². The summed E-state index contributed by atoms with van der Waals surface area (Å²) in [5.41, 5.74) is 1.83. The van der Waals surface area contributed by atoms with Crippen LogP contribution >= 0.6 is 0 Å². The van der Waals surface area contributed by atoms with E-state index in [4.69, 9.17) is 4.74 Å². The number of nitrogens with zero attached hydrogens (tertiary/aromatic N) is 4. The van der Waals surface area contributed by atoms with Crippen molar-refractivity contribution in [1.82, 2.24) is 19.9 Å². The molecule has 0 radical (unpaired) electrons. The Morgan fingerprint density at radius 3 is 2.73 bits per heavy atom. The van der Waals surface area contributed by atoms with Gasteiger partial charge in [0.15, 0.2) is 5.69 Å². The summed E-state index contributed by atoms with van der Waals surface area (Å²) in [7, 11) is 0. The predicted octanol–water partition coefficient (Wildman–Crippen LogP) is 4.14. The van der Waals surface area contributed by atoms with Crippen molar-refractivity contribution in [3.8, 4) is 11.4 Å². The van der Waals surface area contributed by atoms with Crippen molar-refractivity contribution < 1.29 is 27.4 Å². The van der Waals surface area contributed by atoms with Crippen molar-refractivity contribution in [2.24, 2.45) is 0 Å². The van der Waals surface area contributed by atoms with Gasteiger partial charge in [-0.25, -0.2) is 9.07 Å². The van der Waals surface area contributed by atoms with E-state index in [0.717, 1.165) is 12.8 Å². The first-order valence-corrected chi connectivity index (χ1v) is 10.5. The van der Waals surface area contributed by atoms with Crippen LogP contribution in [0.15, 0.2) is 48.5 Å². The molecule has 1 aromatic heterocycles. The number of amides is 1.